The summed E-state index contributed by atoms with van der Waals surface area (Å²) in [6, 6.07) is 9.08. The largest absolute Gasteiger partial charge is 0.460 e. The number of hydrogen-bond acceptors (Lipinski definition) is 3. The molecule has 1 N–H and O–H groups in total. The first kappa shape index (κ1) is 13.3. The minimum absolute atomic E-state index is 0.0668. The van der Waals surface area contributed by atoms with E-state index < -0.39 is 5.60 Å². The van der Waals surface area contributed by atoms with Gasteiger partial charge in [0.25, 0.3) is 5.56 Å². The van der Waals surface area contributed by atoms with Crippen LogP contribution in [0.2, 0.25) is 0 Å². The molecule has 0 aliphatic carbocycles. The molecule has 0 amide bonds. The maximum Gasteiger partial charge on any atom is 0.312 e. The van der Waals surface area contributed by atoms with Crippen LogP contribution in [0.5, 0.6) is 0 Å². The lowest BCUT2D eigenvalue weighted by atomic mass is 10.1. The van der Waals surface area contributed by atoms with E-state index in [9.17, 15) is 9.59 Å². The van der Waals surface area contributed by atoms with Gasteiger partial charge >= 0.3 is 5.97 Å². The highest BCUT2D eigenvalue weighted by atomic mass is 16.6. The SMILES string of the molecule is CC(C)(C)OC(=O)Cc1cc2ccccc2c(=O)[nH]1. The molecule has 4 nitrogen and oxygen atoms in total. The fourth-order valence-corrected chi connectivity index (χ4v) is 1.89. The van der Waals surface area contributed by atoms with Gasteiger partial charge in [0.15, 0.2) is 0 Å². The Labute approximate surface area is 111 Å². The number of aromatic nitrogens is 1. The monoisotopic (exact) mass is 259 g/mol. The number of esters is 1. The fraction of sp³-hybridized carbons (Fsp3) is 0.333. The van der Waals surface area contributed by atoms with Gasteiger partial charge in [-0.2, -0.15) is 0 Å². The number of fused-ring (bicyclic) bond motifs is 1. The van der Waals surface area contributed by atoms with E-state index in [1.54, 1.807) is 12.1 Å². The molecule has 1 aromatic heterocycles. The molecule has 0 spiro atoms. The molecule has 1 heterocycles. The summed E-state index contributed by atoms with van der Waals surface area (Å²) in [4.78, 5) is 26.3. The zero-order valence-electron chi connectivity index (χ0n) is 11.3. The van der Waals surface area contributed by atoms with Crippen molar-refractivity contribution in [3.8, 4) is 0 Å². The molecule has 1 aromatic carbocycles. The summed E-state index contributed by atoms with van der Waals surface area (Å²) < 4.78 is 5.23. The van der Waals surface area contributed by atoms with Gasteiger partial charge in [0.1, 0.15) is 5.60 Å². The number of pyridine rings is 1. The molecule has 0 saturated heterocycles. The van der Waals surface area contributed by atoms with Crippen LogP contribution in [0, 0.1) is 0 Å². The van der Waals surface area contributed by atoms with Gasteiger partial charge in [-0.3, -0.25) is 9.59 Å². The minimum Gasteiger partial charge on any atom is -0.460 e. The smallest absolute Gasteiger partial charge is 0.312 e. The van der Waals surface area contributed by atoms with Crippen molar-refractivity contribution in [2.24, 2.45) is 0 Å². The van der Waals surface area contributed by atoms with Gasteiger partial charge in [0.2, 0.25) is 0 Å². The first-order chi connectivity index (χ1) is 8.85. The van der Waals surface area contributed by atoms with E-state index in [2.05, 4.69) is 4.98 Å². The molecule has 0 bridgehead atoms. The number of carbonyl (C=O) groups excluding carboxylic acids is 1. The van der Waals surface area contributed by atoms with E-state index in [4.69, 9.17) is 4.74 Å². The van der Waals surface area contributed by atoms with Crippen LogP contribution in [-0.2, 0) is 16.0 Å². The van der Waals surface area contributed by atoms with Crippen molar-refractivity contribution >= 4 is 16.7 Å². The Morgan fingerprint density at radius 1 is 1.26 bits per heavy atom. The topological polar surface area (TPSA) is 59.2 Å². The van der Waals surface area contributed by atoms with Crippen molar-refractivity contribution in [1.82, 2.24) is 4.98 Å². The van der Waals surface area contributed by atoms with Crippen LogP contribution >= 0.6 is 0 Å². The lowest BCUT2D eigenvalue weighted by Crippen LogP contribution is -2.25. The van der Waals surface area contributed by atoms with Crippen LogP contribution < -0.4 is 5.56 Å². The van der Waals surface area contributed by atoms with Gasteiger partial charge < -0.3 is 9.72 Å². The fourth-order valence-electron chi connectivity index (χ4n) is 1.89. The molecular weight excluding hydrogens is 242 g/mol. The maximum absolute atomic E-state index is 11.9. The minimum atomic E-state index is -0.520. The van der Waals surface area contributed by atoms with Gasteiger partial charge in [0, 0.05) is 11.1 Å². The predicted molar refractivity (Wildman–Crippen MR) is 74.1 cm³/mol. The average molecular weight is 259 g/mol. The Bertz CT molecular complexity index is 665. The Morgan fingerprint density at radius 3 is 2.63 bits per heavy atom. The third-order valence-electron chi connectivity index (χ3n) is 2.56. The van der Waals surface area contributed by atoms with Crippen LogP contribution in [-0.4, -0.2) is 16.6 Å². The second kappa shape index (κ2) is 4.88. The highest BCUT2D eigenvalue weighted by Gasteiger charge is 2.17. The van der Waals surface area contributed by atoms with E-state index in [0.29, 0.717) is 11.1 Å². The Balaban J connectivity index is 2.27. The van der Waals surface area contributed by atoms with E-state index >= 15 is 0 Å². The van der Waals surface area contributed by atoms with Gasteiger partial charge in [0.05, 0.1) is 6.42 Å². The third-order valence-corrected chi connectivity index (χ3v) is 2.56. The number of benzene rings is 1. The zero-order valence-corrected chi connectivity index (χ0v) is 11.3. The van der Waals surface area contributed by atoms with E-state index in [0.717, 1.165) is 5.39 Å². The third kappa shape index (κ3) is 3.44. The second-order valence-electron chi connectivity index (χ2n) is 5.47. The first-order valence-electron chi connectivity index (χ1n) is 6.18. The normalized spacial score (nSPS) is 11.5. The molecule has 0 aliphatic heterocycles. The number of nitrogens with one attached hydrogen (secondary N) is 1. The van der Waals surface area contributed by atoms with Gasteiger partial charge in [-0.1, -0.05) is 18.2 Å². The van der Waals surface area contributed by atoms with Crippen molar-refractivity contribution in [2.45, 2.75) is 32.8 Å². The number of hydrogen-bond donors (Lipinski definition) is 1. The number of H-pyrrole nitrogens is 1. The Morgan fingerprint density at radius 2 is 1.95 bits per heavy atom. The lowest BCUT2D eigenvalue weighted by Gasteiger charge is -2.19. The average Bonchev–Trinajstić information content (AvgIpc) is 2.26. The number of rotatable bonds is 2. The lowest BCUT2D eigenvalue weighted by molar-refractivity contribution is -0.153. The van der Waals surface area contributed by atoms with Crippen LogP contribution in [0.3, 0.4) is 0 Å². The van der Waals surface area contributed by atoms with Gasteiger partial charge in [-0.05, 0) is 38.3 Å². The Kier molecular flexibility index (Phi) is 3.42. The molecular formula is C15H17NO3. The molecule has 2 rings (SSSR count). The highest BCUT2D eigenvalue weighted by Crippen LogP contribution is 2.12. The summed E-state index contributed by atoms with van der Waals surface area (Å²) >= 11 is 0. The summed E-state index contributed by atoms with van der Waals surface area (Å²) in [5, 5.41) is 1.44. The van der Waals surface area contributed by atoms with Crippen LogP contribution in [0.4, 0.5) is 0 Å². The predicted octanol–water partition coefficient (Wildman–Crippen LogP) is 2.41. The zero-order chi connectivity index (χ0) is 14.0. The van der Waals surface area contributed by atoms with E-state index in [1.165, 1.54) is 0 Å². The molecule has 0 saturated carbocycles. The molecule has 0 atom stereocenters. The van der Waals surface area contributed by atoms with Crippen molar-refractivity contribution in [3.05, 3.63) is 46.4 Å². The quantitative estimate of drug-likeness (QED) is 0.842. The van der Waals surface area contributed by atoms with Crippen molar-refractivity contribution in [1.29, 1.82) is 0 Å². The van der Waals surface area contributed by atoms with E-state index in [1.807, 2.05) is 39.0 Å². The highest BCUT2D eigenvalue weighted by molar-refractivity contribution is 5.82. The molecule has 0 unspecified atom stereocenters. The Hall–Kier alpha value is -2.10. The molecule has 0 fully saturated rings. The van der Waals surface area contributed by atoms with Crippen molar-refractivity contribution < 1.29 is 9.53 Å². The summed E-state index contributed by atoms with van der Waals surface area (Å²) in [5.74, 6) is -0.349. The molecule has 0 aliphatic rings. The van der Waals surface area contributed by atoms with Crippen molar-refractivity contribution in [2.75, 3.05) is 0 Å². The number of carbonyl (C=O) groups is 1. The second-order valence-corrected chi connectivity index (χ2v) is 5.47. The van der Waals surface area contributed by atoms with Crippen molar-refractivity contribution in [3.63, 3.8) is 0 Å². The molecule has 100 valence electrons. The molecule has 2 aromatic rings. The molecule has 19 heavy (non-hydrogen) atoms. The number of ether oxygens (including phenoxy) is 1. The van der Waals surface area contributed by atoms with Crippen LogP contribution in [0.15, 0.2) is 35.1 Å². The molecule has 0 radical (unpaired) electrons. The summed E-state index contributed by atoms with van der Waals surface area (Å²) in [6.45, 7) is 5.44. The van der Waals surface area contributed by atoms with Crippen LogP contribution in [0.1, 0.15) is 26.5 Å². The molecule has 4 heteroatoms. The summed E-state index contributed by atoms with van der Waals surface area (Å²) in [6.07, 6.45) is 0.0668. The van der Waals surface area contributed by atoms with E-state index in [-0.39, 0.29) is 17.9 Å². The van der Waals surface area contributed by atoms with Gasteiger partial charge in [-0.15, -0.1) is 0 Å². The summed E-state index contributed by atoms with van der Waals surface area (Å²) in [7, 11) is 0. The first-order valence-corrected chi connectivity index (χ1v) is 6.18. The van der Waals surface area contributed by atoms with Crippen LogP contribution in [0.25, 0.3) is 10.8 Å². The number of aromatic amines is 1. The maximum atomic E-state index is 11.9. The summed E-state index contributed by atoms with van der Waals surface area (Å²) in [5.41, 5.74) is -0.136. The van der Waals surface area contributed by atoms with Gasteiger partial charge in [-0.25, -0.2) is 0 Å². The standard InChI is InChI=1S/C15H17NO3/c1-15(2,3)19-13(17)9-11-8-10-6-4-5-7-12(10)14(18)16-11/h4-8H,9H2,1-3H3,(H,16,18).